The summed E-state index contributed by atoms with van der Waals surface area (Å²) in [6.45, 7) is 2.07. The Kier molecular flexibility index (Phi) is 4.96. The molecule has 0 aliphatic rings. The molecule has 3 nitrogen and oxygen atoms in total. The highest BCUT2D eigenvalue weighted by Crippen LogP contribution is 2.23. The van der Waals surface area contributed by atoms with Crippen molar-refractivity contribution in [3.05, 3.63) is 60.2 Å². The third-order valence-corrected chi connectivity index (χ3v) is 3.22. The summed E-state index contributed by atoms with van der Waals surface area (Å²) in [5.74, 6) is 0.768. The van der Waals surface area contributed by atoms with Crippen molar-refractivity contribution in [2.75, 3.05) is 12.4 Å². The summed E-state index contributed by atoms with van der Waals surface area (Å²) in [5, 5.41) is 6.99. The molecule has 20 heavy (non-hydrogen) atoms. The summed E-state index contributed by atoms with van der Waals surface area (Å²) in [7, 11) is 1.64. The number of ether oxygens (including phenoxy) is 1. The largest absolute Gasteiger partial charge is 0.495 e. The first-order chi connectivity index (χ1) is 9.70. The Labute approximate surface area is 125 Å². The van der Waals surface area contributed by atoms with Gasteiger partial charge in [0.25, 0.3) is 0 Å². The van der Waals surface area contributed by atoms with Crippen molar-refractivity contribution < 1.29 is 4.74 Å². The monoisotopic (exact) mass is 286 g/mol. The van der Waals surface area contributed by atoms with Crippen LogP contribution in [-0.2, 0) is 0 Å². The number of methoxy groups -OCH3 is 1. The zero-order chi connectivity index (χ0) is 14.4. The van der Waals surface area contributed by atoms with Crippen molar-refractivity contribution in [2.24, 2.45) is 0 Å². The lowest BCUT2D eigenvalue weighted by molar-refractivity contribution is 0.417. The first-order valence-corrected chi connectivity index (χ1v) is 6.87. The second kappa shape index (κ2) is 6.91. The number of rotatable bonds is 4. The molecule has 0 saturated heterocycles. The molecule has 2 aromatic rings. The smallest absolute Gasteiger partial charge is 0.171 e. The van der Waals surface area contributed by atoms with E-state index >= 15 is 0 Å². The van der Waals surface area contributed by atoms with Crippen LogP contribution >= 0.6 is 12.2 Å². The summed E-state index contributed by atoms with van der Waals surface area (Å²) in [6.07, 6.45) is 0. The van der Waals surface area contributed by atoms with E-state index in [1.54, 1.807) is 7.11 Å². The molecule has 4 heteroatoms. The van der Waals surface area contributed by atoms with Gasteiger partial charge >= 0.3 is 0 Å². The normalized spacial score (nSPS) is 11.5. The minimum Gasteiger partial charge on any atom is -0.495 e. The van der Waals surface area contributed by atoms with Gasteiger partial charge in [-0.2, -0.15) is 0 Å². The number of para-hydroxylation sites is 2. The van der Waals surface area contributed by atoms with Gasteiger partial charge in [-0.25, -0.2) is 0 Å². The van der Waals surface area contributed by atoms with Crippen LogP contribution in [-0.4, -0.2) is 12.2 Å². The van der Waals surface area contributed by atoms with Crippen LogP contribution in [0.1, 0.15) is 18.5 Å². The quantitative estimate of drug-likeness (QED) is 0.839. The second-order valence-electron chi connectivity index (χ2n) is 4.43. The van der Waals surface area contributed by atoms with Crippen LogP contribution in [0.25, 0.3) is 0 Å². The maximum atomic E-state index is 5.34. The summed E-state index contributed by atoms with van der Waals surface area (Å²) < 4.78 is 5.29. The topological polar surface area (TPSA) is 33.3 Å². The highest BCUT2D eigenvalue weighted by molar-refractivity contribution is 7.80. The third-order valence-electron chi connectivity index (χ3n) is 3.00. The molecule has 0 unspecified atom stereocenters. The standard InChI is InChI=1S/C16H18N2OS/c1-12(13-8-4-3-5-9-13)17-16(20)18-14-10-6-7-11-15(14)19-2/h3-12H,1-2H3,(H2,17,18,20)/t12-/m1/s1. The van der Waals surface area contributed by atoms with Crippen molar-refractivity contribution in [3.63, 3.8) is 0 Å². The van der Waals surface area contributed by atoms with E-state index in [0.717, 1.165) is 11.4 Å². The highest BCUT2D eigenvalue weighted by Gasteiger charge is 2.08. The Morgan fingerprint density at radius 1 is 1.05 bits per heavy atom. The number of nitrogens with one attached hydrogen (secondary N) is 2. The van der Waals surface area contributed by atoms with Gasteiger partial charge < -0.3 is 15.4 Å². The summed E-state index contributed by atoms with van der Waals surface area (Å²) >= 11 is 5.34. The molecule has 0 radical (unpaired) electrons. The fourth-order valence-corrected chi connectivity index (χ4v) is 2.21. The molecule has 0 fully saturated rings. The maximum absolute atomic E-state index is 5.34. The number of thiocarbonyl (C=S) groups is 1. The Balaban J connectivity index is 1.99. The molecular weight excluding hydrogens is 268 g/mol. The zero-order valence-electron chi connectivity index (χ0n) is 11.6. The van der Waals surface area contributed by atoms with Gasteiger partial charge in [0.15, 0.2) is 5.11 Å². The van der Waals surface area contributed by atoms with Crippen LogP contribution in [0, 0.1) is 0 Å². The van der Waals surface area contributed by atoms with Crippen LogP contribution < -0.4 is 15.4 Å². The molecule has 0 aromatic heterocycles. The van der Waals surface area contributed by atoms with Crippen molar-refractivity contribution >= 4 is 23.0 Å². The van der Waals surface area contributed by atoms with E-state index in [4.69, 9.17) is 17.0 Å². The highest BCUT2D eigenvalue weighted by atomic mass is 32.1. The lowest BCUT2D eigenvalue weighted by Crippen LogP contribution is -2.31. The molecular formula is C16H18N2OS. The van der Waals surface area contributed by atoms with Gasteiger partial charge in [0.2, 0.25) is 0 Å². The van der Waals surface area contributed by atoms with Gasteiger partial charge in [0.05, 0.1) is 18.8 Å². The molecule has 2 N–H and O–H groups in total. The van der Waals surface area contributed by atoms with Crippen LogP contribution in [0.15, 0.2) is 54.6 Å². The Morgan fingerprint density at radius 3 is 2.40 bits per heavy atom. The molecule has 0 bridgehead atoms. The lowest BCUT2D eigenvalue weighted by atomic mass is 10.1. The first-order valence-electron chi connectivity index (χ1n) is 6.46. The van der Waals surface area contributed by atoms with E-state index in [1.807, 2.05) is 42.5 Å². The number of hydrogen-bond donors (Lipinski definition) is 2. The van der Waals surface area contributed by atoms with Crippen LogP contribution in [0.4, 0.5) is 5.69 Å². The van der Waals surface area contributed by atoms with Gasteiger partial charge in [-0.1, -0.05) is 42.5 Å². The van der Waals surface area contributed by atoms with E-state index in [0.29, 0.717) is 5.11 Å². The molecule has 0 spiro atoms. The fourth-order valence-electron chi connectivity index (χ4n) is 1.93. The first kappa shape index (κ1) is 14.3. The van der Waals surface area contributed by atoms with Crippen LogP contribution in [0.5, 0.6) is 5.75 Å². The van der Waals surface area contributed by atoms with Crippen molar-refractivity contribution in [3.8, 4) is 5.75 Å². The van der Waals surface area contributed by atoms with E-state index < -0.39 is 0 Å². The molecule has 2 aromatic carbocycles. The molecule has 0 aliphatic carbocycles. The lowest BCUT2D eigenvalue weighted by Gasteiger charge is -2.18. The SMILES string of the molecule is COc1ccccc1NC(=S)N[C@H](C)c1ccccc1. The fraction of sp³-hybridized carbons (Fsp3) is 0.188. The summed E-state index contributed by atoms with van der Waals surface area (Å²) in [4.78, 5) is 0. The minimum atomic E-state index is 0.144. The van der Waals surface area contributed by atoms with Gasteiger partial charge in [0.1, 0.15) is 5.75 Å². The van der Waals surface area contributed by atoms with Crippen molar-refractivity contribution in [1.29, 1.82) is 0 Å². The summed E-state index contributed by atoms with van der Waals surface area (Å²) in [6, 6.07) is 18.0. The number of hydrogen-bond acceptors (Lipinski definition) is 2. The predicted octanol–water partition coefficient (Wildman–Crippen LogP) is 3.74. The van der Waals surface area contributed by atoms with E-state index in [2.05, 4.69) is 29.7 Å². The van der Waals surface area contributed by atoms with E-state index in [9.17, 15) is 0 Å². The number of benzene rings is 2. The van der Waals surface area contributed by atoms with Gasteiger partial charge in [0, 0.05) is 0 Å². The maximum Gasteiger partial charge on any atom is 0.171 e. The summed E-state index contributed by atoms with van der Waals surface area (Å²) in [5.41, 5.74) is 2.05. The van der Waals surface area contributed by atoms with Gasteiger partial charge in [-0.05, 0) is 36.8 Å². The Bertz CT molecular complexity index is 572. The second-order valence-corrected chi connectivity index (χ2v) is 4.84. The van der Waals surface area contributed by atoms with Gasteiger partial charge in [-0.3, -0.25) is 0 Å². The number of anilines is 1. The van der Waals surface area contributed by atoms with Gasteiger partial charge in [-0.15, -0.1) is 0 Å². The molecule has 1 atom stereocenters. The minimum absolute atomic E-state index is 0.144. The molecule has 0 heterocycles. The average Bonchev–Trinajstić information content (AvgIpc) is 2.48. The molecule has 0 amide bonds. The Hall–Kier alpha value is -2.07. The third kappa shape index (κ3) is 3.71. The van der Waals surface area contributed by atoms with Crippen molar-refractivity contribution in [2.45, 2.75) is 13.0 Å². The average molecular weight is 286 g/mol. The Morgan fingerprint density at radius 2 is 1.70 bits per heavy atom. The molecule has 0 saturated carbocycles. The van der Waals surface area contributed by atoms with Crippen LogP contribution in [0.3, 0.4) is 0 Å². The molecule has 2 rings (SSSR count). The molecule has 0 aliphatic heterocycles. The zero-order valence-corrected chi connectivity index (χ0v) is 12.4. The predicted molar refractivity (Wildman–Crippen MR) is 87.2 cm³/mol. The van der Waals surface area contributed by atoms with E-state index in [-0.39, 0.29) is 6.04 Å². The van der Waals surface area contributed by atoms with E-state index in [1.165, 1.54) is 5.56 Å². The molecule has 104 valence electrons. The van der Waals surface area contributed by atoms with Crippen molar-refractivity contribution in [1.82, 2.24) is 5.32 Å². The van der Waals surface area contributed by atoms with Crippen LogP contribution in [0.2, 0.25) is 0 Å².